The number of furan rings is 1. The molecule has 0 spiro atoms. The van der Waals surface area contributed by atoms with E-state index in [1.54, 1.807) is 31.3 Å². The summed E-state index contributed by atoms with van der Waals surface area (Å²) in [7, 11) is 0. The van der Waals surface area contributed by atoms with Gasteiger partial charge in [-0.15, -0.1) is 65.4 Å². The zero-order valence-electron chi connectivity index (χ0n) is 26.2. The van der Waals surface area contributed by atoms with Crippen molar-refractivity contribution in [2.24, 2.45) is 0 Å². The first-order chi connectivity index (χ1) is 20.5. The van der Waals surface area contributed by atoms with E-state index in [0.717, 1.165) is 37.7 Å². The molecule has 0 saturated heterocycles. The van der Waals surface area contributed by atoms with Gasteiger partial charge in [0.1, 0.15) is 5.58 Å². The van der Waals surface area contributed by atoms with Gasteiger partial charge in [0.15, 0.2) is 0 Å². The van der Waals surface area contributed by atoms with Crippen LogP contribution < -0.4 is 0 Å². The molecule has 0 bridgehead atoms. The Hall–Kier alpha value is -3.63. The summed E-state index contributed by atoms with van der Waals surface area (Å²) < 4.78 is 39.4. The van der Waals surface area contributed by atoms with Gasteiger partial charge in [0.2, 0.25) is 0 Å². The molecular weight excluding hydrogens is 689 g/mol. The third kappa shape index (κ3) is 5.38. The minimum Gasteiger partial charge on any atom is -0.500 e. The minimum absolute atomic E-state index is 0. The normalized spacial score (nSPS) is 13.1. The molecule has 0 atom stereocenters. The van der Waals surface area contributed by atoms with Crippen molar-refractivity contribution in [1.82, 2.24) is 9.97 Å². The van der Waals surface area contributed by atoms with Crippen molar-refractivity contribution in [2.45, 2.75) is 33.5 Å². The number of nitrogens with zero attached hydrogens (tertiary/aromatic N) is 2. The minimum atomic E-state index is -2.33. The first kappa shape index (κ1) is 23.1. The van der Waals surface area contributed by atoms with Crippen LogP contribution in [-0.4, -0.2) is 9.97 Å². The molecule has 4 heterocycles. The van der Waals surface area contributed by atoms with E-state index in [9.17, 15) is 0 Å². The second kappa shape index (κ2) is 11.9. The quantitative estimate of drug-likeness (QED) is 0.171. The van der Waals surface area contributed by atoms with Gasteiger partial charge in [-0.05, 0) is 65.3 Å². The molecule has 3 nitrogen and oxygen atoms in total. The summed E-state index contributed by atoms with van der Waals surface area (Å²) in [6.45, 7) is 3.06. The Morgan fingerprint density at radius 1 is 0.875 bits per heavy atom. The fourth-order valence-corrected chi connectivity index (χ4v) is 5.40. The van der Waals surface area contributed by atoms with Gasteiger partial charge in [0, 0.05) is 53.5 Å². The molecule has 201 valence electrons. The second-order valence-corrected chi connectivity index (χ2v) is 10.5. The van der Waals surface area contributed by atoms with E-state index >= 15 is 0 Å². The Balaban J connectivity index is 0.000000230. The molecular formula is C35H28IrN2OS-2. The maximum absolute atomic E-state index is 8.47. The smallest absolute Gasteiger partial charge is 0.129 e. The van der Waals surface area contributed by atoms with Gasteiger partial charge in [-0.25, -0.2) is 0 Å². The van der Waals surface area contributed by atoms with Crippen LogP contribution in [0.1, 0.15) is 41.9 Å². The first-order valence-corrected chi connectivity index (χ1v) is 13.5. The van der Waals surface area contributed by atoms with Crippen LogP contribution in [0, 0.1) is 25.9 Å². The van der Waals surface area contributed by atoms with Gasteiger partial charge in [0.05, 0.1) is 5.58 Å². The second-order valence-electron chi connectivity index (χ2n) is 9.58. The number of hydrogen-bond acceptors (Lipinski definition) is 4. The van der Waals surface area contributed by atoms with Crippen LogP contribution in [0.4, 0.5) is 0 Å². The summed E-state index contributed by atoms with van der Waals surface area (Å²) in [4.78, 5) is 8.75. The van der Waals surface area contributed by atoms with E-state index in [2.05, 4.69) is 46.4 Å². The van der Waals surface area contributed by atoms with Gasteiger partial charge < -0.3 is 14.4 Å². The van der Waals surface area contributed by atoms with Crippen LogP contribution in [0.2, 0.25) is 0 Å². The van der Waals surface area contributed by atoms with E-state index < -0.39 is 12.7 Å². The van der Waals surface area contributed by atoms with E-state index in [4.69, 9.17) is 9.90 Å². The average molecular weight is 721 g/mol. The summed E-state index contributed by atoms with van der Waals surface area (Å²) in [5.74, 6) is -1.09. The van der Waals surface area contributed by atoms with Crippen LogP contribution >= 0.6 is 11.3 Å². The largest absolute Gasteiger partial charge is 0.500 e. The van der Waals surface area contributed by atoms with Crippen molar-refractivity contribution in [1.29, 1.82) is 0 Å². The van der Waals surface area contributed by atoms with Gasteiger partial charge in [-0.3, -0.25) is 0 Å². The monoisotopic (exact) mass is 721 g/mol. The van der Waals surface area contributed by atoms with Crippen molar-refractivity contribution in [3.05, 3.63) is 119 Å². The number of thiophene rings is 1. The summed E-state index contributed by atoms with van der Waals surface area (Å²) in [5.41, 5.74) is 6.42. The standard InChI is InChI=1S/C23H18NOS.C12H10N.Ir/c1-13(2)19-11-20(24-12-14(19)3)17-6-4-5-15-16-7-8-21-18(9-10-26-21)23(16)25-22(15)17;1-10-7-8-12(13-9-10)11-5-3-2-4-6-11;/h4-5,7-13H,1-3H3;2-5,7-9H,1H3;/q2*-1;/i3D3,13D;;. The molecule has 1 radical (unpaired) electrons. The predicted octanol–water partition coefficient (Wildman–Crippen LogP) is 9.95. The van der Waals surface area contributed by atoms with Gasteiger partial charge in [-0.1, -0.05) is 49.1 Å². The zero-order valence-corrected chi connectivity index (χ0v) is 25.4. The summed E-state index contributed by atoms with van der Waals surface area (Å²) in [6.07, 6.45) is 3.23. The molecule has 0 fully saturated rings. The Kier molecular flexibility index (Phi) is 6.85. The number of hydrogen-bond donors (Lipinski definition) is 0. The number of fused-ring (bicyclic) bond motifs is 5. The molecule has 0 aliphatic carbocycles. The van der Waals surface area contributed by atoms with Crippen LogP contribution in [0.25, 0.3) is 54.5 Å². The van der Waals surface area contributed by atoms with Gasteiger partial charge in [0.25, 0.3) is 0 Å². The molecule has 5 heteroatoms. The fourth-order valence-electron chi connectivity index (χ4n) is 4.62. The molecule has 0 N–H and O–H groups in total. The van der Waals surface area contributed by atoms with Crippen molar-refractivity contribution in [2.75, 3.05) is 0 Å². The molecule has 0 unspecified atom stereocenters. The van der Waals surface area contributed by atoms with Crippen LogP contribution in [0.3, 0.4) is 0 Å². The zero-order chi connectivity index (χ0) is 30.4. The number of benzene rings is 3. The van der Waals surface area contributed by atoms with E-state index in [1.807, 2.05) is 61.0 Å². The average Bonchev–Trinajstić information content (AvgIpc) is 3.62. The summed E-state index contributed by atoms with van der Waals surface area (Å²) in [5, 5.41) is 5.09. The Morgan fingerprint density at radius 3 is 2.48 bits per heavy atom. The van der Waals surface area contributed by atoms with Crippen molar-refractivity contribution >= 4 is 43.4 Å². The van der Waals surface area contributed by atoms with Crippen LogP contribution in [0.15, 0.2) is 95.0 Å². The fraction of sp³-hybridized carbons (Fsp3) is 0.143. The van der Waals surface area contributed by atoms with E-state index in [-0.39, 0.29) is 25.7 Å². The predicted molar refractivity (Wildman–Crippen MR) is 163 cm³/mol. The molecule has 0 aliphatic heterocycles. The molecule has 3 aromatic carbocycles. The van der Waals surface area contributed by atoms with Gasteiger partial charge in [-0.2, -0.15) is 0 Å². The molecule has 7 aromatic rings. The molecule has 0 amide bonds. The van der Waals surface area contributed by atoms with Crippen molar-refractivity contribution in [3.63, 3.8) is 0 Å². The topological polar surface area (TPSA) is 38.9 Å². The molecule has 0 saturated carbocycles. The maximum Gasteiger partial charge on any atom is 0.129 e. The van der Waals surface area contributed by atoms with Crippen LogP contribution in [0.5, 0.6) is 0 Å². The third-order valence-electron chi connectivity index (χ3n) is 6.62. The number of aromatic nitrogens is 2. The first-order valence-electron chi connectivity index (χ1n) is 14.6. The van der Waals surface area contributed by atoms with Crippen molar-refractivity contribution < 1.29 is 30.0 Å². The van der Waals surface area contributed by atoms with Gasteiger partial charge >= 0.3 is 0 Å². The van der Waals surface area contributed by atoms with E-state index in [1.165, 1.54) is 11.8 Å². The Labute approximate surface area is 257 Å². The van der Waals surface area contributed by atoms with E-state index in [0.29, 0.717) is 22.4 Å². The molecule has 0 aliphatic rings. The Bertz CT molecular complexity index is 2060. The SMILES string of the molecule is Cc1ccc(-c2[c-]cccc2)nc1.[2H]C([2H])([2H])c1cnc(-c2[c-]ccc3c2oc2c4ccsc4ccc32)cc1C([2H])(C)C.[Ir]. The number of pyridine rings is 2. The summed E-state index contributed by atoms with van der Waals surface area (Å²) in [6, 6.07) is 30.0. The van der Waals surface area contributed by atoms with Crippen LogP contribution in [-0.2, 0) is 20.1 Å². The van der Waals surface area contributed by atoms with Crippen molar-refractivity contribution in [3.8, 4) is 22.5 Å². The Morgan fingerprint density at radius 2 is 1.73 bits per heavy atom. The number of aryl methyl sites for hydroxylation is 2. The summed E-state index contributed by atoms with van der Waals surface area (Å²) >= 11 is 1.67. The molecule has 7 rings (SSSR count). The molecule has 40 heavy (non-hydrogen) atoms. The maximum atomic E-state index is 8.47. The third-order valence-corrected chi connectivity index (χ3v) is 7.51. The molecule has 4 aromatic heterocycles. The number of rotatable bonds is 3.